The predicted molar refractivity (Wildman–Crippen MR) is 111 cm³/mol. The summed E-state index contributed by atoms with van der Waals surface area (Å²) in [6.07, 6.45) is -4.00. The first-order valence-corrected chi connectivity index (χ1v) is 11.6. The zero-order chi connectivity index (χ0) is 20.4. The van der Waals surface area contributed by atoms with Crippen molar-refractivity contribution in [3.8, 4) is 0 Å². The van der Waals surface area contributed by atoms with Crippen LogP contribution in [-0.4, -0.2) is 54.8 Å². The summed E-state index contributed by atoms with van der Waals surface area (Å²) in [5, 5.41) is 31.7. The zero-order valence-corrected chi connectivity index (χ0v) is 17.7. The highest BCUT2D eigenvalue weighted by atomic mass is 28.4. The second-order valence-electron chi connectivity index (χ2n) is 8.42. The SMILES string of the molecule is CC(C)(C)[Si](OC[C@@H]1C[C@@H](O)[C@@H](O)[C@H](O)O1)(c1ccccc1)c1ccccc1. The van der Waals surface area contributed by atoms with E-state index in [1.807, 2.05) is 36.4 Å². The molecule has 0 unspecified atom stereocenters. The number of hydrogen-bond acceptors (Lipinski definition) is 5. The second-order valence-corrected chi connectivity index (χ2v) is 12.7. The van der Waals surface area contributed by atoms with Gasteiger partial charge in [0.1, 0.15) is 6.10 Å². The van der Waals surface area contributed by atoms with Gasteiger partial charge in [0.15, 0.2) is 6.29 Å². The molecule has 6 heteroatoms. The van der Waals surface area contributed by atoms with Gasteiger partial charge in [-0.15, -0.1) is 0 Å². The Kier molecular flexibility index (Phi) is 6.39. The fourth-order valence-electron chi connectivity index (χ4n) is 4.02. The lowest BCUT2D eigenvalue weighted by molar-refractivity contribution is -0.251. The van der Waals surface area contributed by atoms with Crippen molar-refractivity contribution in [2.75, 3.05) is 6.61 Å². The Bertz CT molecular complexity index is 695. The maximum atomic E-state index is 10.0. The van der Waals surface area contributed by atoms with E-state index in [0.717, 1.165) is 10.4 Å². The highest BCUT2D eigenvalue weighted by Crippen LogP contribution is 2.37. The summed E-state index contributed by atoms with van der Waals surface area (Å²) in [7, 11) is -2.70. The average molecular weight is 403 g/mol. The molecule has 152 valence electrons. The highest BCUT2D eigenvalue weighted by Gasteiger charge is 2.50. The molecule has 0 saturated carbocycles. The van der Waals surface area contributed by atoms with E-state index in [2.05, 4.69) is 45.0 Å². The van der Waals surface area contributed by atoms with Gasteiger partial charge in [0.2, 0.25) is 0 Å². The van der Waals surface area contributed by atoms with Crippen LogP contribution in [0.3, 0.4) is 0 Å². The van der Waals surface area contributed by atoms with Gasteiger partial charge in [0.25, 0.3) is 8.32 Å². The number of aliphatic hydroxyl groups is 3. The summed E-state index contributed by atoms with van der Waals surface area (Å²) in [4.78, 5) is 0. The summed E-state index contributed by atoms with van der Waals surface area (Å²) in [6, 6.07) is 20.5. The second kappa shape index (κ2) is 8.45. The molecule has 1 saturated heterocycles. The van der Waals surface area contributed by atoms with Gasteiger partial charge in [-0.25, -0.2) is 0 Å². The molecule has 0 amide bonds. The quantitative estimate of drug-likeness (QED) is 0.659. The van der Waals surface area contributed by atoms with Crippen LogP contribution in [-0.2, 0) is 9.16 Å². The van der Waals surface area contributed by atoms with Gasteiger partial charge in [0, 0.05) is 6.42 Å². The third-order valence-electron chi connectivity index (χ3n) is 5.43. The van der Waals surface area contributed by atoms with Crippen LogP contribution in [0, 0.1) is 0 Å². The standard InChI is InChI=1S/C22H30O5Si/c1-22(2,3)28(17-10-6-4-7-11-17,18-12-8-5-9-13-18)26-15-16-14-19(23)20(24)21(25)27-16/h4-13,16,19-21,23-25H,14-15H2,1-3H3/t16-,19+,20+,21+/m0/s1. The monoisotopic (exact) mass is 402 g/mol. The van der Waals surface area contributed by atoms with Gasteiger partial charge in [-0.05, 0) is 15.4 Å². The highest BCUT2D eigenvalue weighted by molar-refractivity contribution is 6.99. The van der Waals surface area contributed by atoms with Crippen LogP contribution in [0.5, 0.6) is 0 Å². The van der Waals surface area contributed by atoms with E-state index in [-0.39, 0.29) is 18.1 Å². The van der Waals surface area contributed by atoms with Crippen LogP contribution in [0.1, 0.15) is 27.2 Å². The Labute approximate surface area is 167 Å². The summed E-state index contributed by atoms with van der Waals surface area (Å²) < 4.78 is 12.2. The van der Waals surface area contributed by atoms with E-state index >= 15 is 0 Å². The zero-order valence-electron chi connectivity index (χ0n) is 16.7. The Morgan fingerprint density at radius 2 is 1.43 bits per heavy atom. The topological polar surface area (TPSA) is 79.2 Å². The lowest BCUT2D eigenvalue weighted by Gasteiger charge is -2.44. The lowest BCUT2D eigenvalue weighted by Crippen LogP contribution is -2.67. The van der Waals surface area contributed by atoms with Crippen molar-refractivity contribution in [1.29, 1.82) is 0 Å². The largest absolute Gasteiger partial charge is 0.405 e. The molecular weight excluding hydrogens is 372 g/mol. The number of aliphatic hydroxyl groups excluding tert-OH is 3. The minimum atomic E-state index is -2.70. The normalized spacial score (nSPS) is 26.2. The molecule has 0 radical (unpaired) electrons. The van der Waals surface area contributed by atoms with Crippen molar-refractivity contribution in [1.82, 2.24) is 0 Å². The van der Waals surface area contributed by atoms with E-state index in [1.54, 1.807) is 0 Å². The molecule has 0 bridgehead atoms. The van der Waals surface area contributed by atoms with E-state index < -0.39 is 32.9 Å². The van der Waals surface area contributed by atoms with Crippen LogP contribution < -0.4 is 10.4 Å². The van der Waals surface area contributed by atoms with Crippen molar-refractivity contribution in [3.63, 3.8) is 0 Å². The van der Waals surface area contributed by atoms with Gasteiger partial charge in [0.05, 0.1) is 18.8 Å². The molecule has 0 spiro atoms. The maximum Gasteiger partial charge on any atom is 0.261 e. The van der Waals surface area contributed by atoms with Crippen LogP contribution in [0.2, 0.25) is 5.04 Å². The number of rotatable bonds is 5. The first kappa shape index (κ1) is 21.2. The molecule has 4 atom stereocenters. The van der Waals surface area contributed by atoms with Gasteiger partial charge >= 0.3 is 0 Å². The van der Waals surface area contributed by atoms with Gasteiger partial charge in [-0.3, -0.25) is 0 Å². The van der Waals surface area contributed by atoms with Crippen molar-refractivity contribution in [2.45, 2.75) is 56.8 Å². The van der Waals surface area contributed by atoms with Crippen LogP contribution in [0.15, 0.2) is 60.7 Å². The van der Waals surface area contributed by atoms with E-state index in [9.17, 15) is 15.3 Å². The van der Waals surface area contributed by atoms with Crippen molar-refractivity contribution >= 4 is 18.7 Å². The molecule has 1 aliphatic rings. The number of hydrogen-bond donors (Lipinski definition) is 3. The molecule has 5 nitrogen and oxygen atoms in total. The molecule has 1 aliphatic heterocycles. The van der Waals surface area contributed by atoms with Gasteiger partial charge < -0.3 is 24.5 Å². The summed E-state index contributed by atoms with van der Waals surface area (Å²) in [5.74, 6) is 0. The van der Waals surface area contributed by atoms with Gasteiger partial charge in [-0.2, -0.15) is 0 Å². The summed E-state index contributed by atoms with van der Waals surface area (Å²) >= 11 is 0. The third-order valence-corrected chi connectivity index (χ3v) is 10.4. The number of ether oxygens (including phenoxy) is 1. The molecule has 1 fully saturated rings. The first-order valence-electron chi connectivity index (χ1n) is 9.70. The summed E-state index contributed by atoms with van der Waals surface area (Å²) in [5.41, 5.74) is 0. The summed E-state index contributed by atoms with van der Waals surface area (Å²) in [6.45, 7) is 6.80. The Morgan fingerprint density at radius 1 is 0.929 bits per heavy atom. The van der Waals surface area contributed by atoms with Crippen LogP contribution >= 0.6 is 0 Å². The lowest BCUT2D eigenvalue weighted by atomic mass is 10.0. The predicted octanol–water partition coefficient (Wildman–Crippen LogP) is 1.39. The molecular formula is C22H30O5Si. The van der Waals surface area contributed by atoms with E-state index in [4.69, 9.17) is 9.16 Å². The maximum absolute atomic E-state index is 10.0. The van der Waals surface area contributed by atoms with E-state index in [1.165, 1.54) is 0 Å². The minimum Gasteiger partial charge on any atom is -0.405 e. The third kappa shape index (κ3) is 4.08. The van der Waals surface area contributed by atoms with Crippen LogP contribution in [0.25, 0.3) is 0 Å². The van der Waals surface area contributed by atoms with Crippen molar-refractivity contribution in [3.05, 3.63) is 60.7 Å². The van der Waals surface area contributed by atoms with Crippen molar-refractivity contribution in [2.24, 2.45) is 0 Å². The Hall–Kier alpha value is -1.54. The fourth-order valence-corrected chi connectivity index (χ4v) is 8.61. The molecule has 0 aromatic heterocycles. The molecule has 1 heterocycles. The van der Waals surface area contributed by atoms with E-state index in [0.29, 0.717) is 0 Å². The minimum absolute atomic E-state index is 0.166. The fraction of sp³-hybridized carbons (Fsp3) is 0.455. The van der Waals surface area contributed by atoms with Crippen molar-refractivity contribution < 1.29 is 24.5 Å². The average Bonchev–Trinajstić information content (AvgIpc) is 2.67. The van der Waals surface area contributed by atoms with Gasteiger partial charge in [-0.1, -0.05) is 81.4 Å². The Morgan fingerprint density at radius 3 is 1.86 bits per heavy atom. The molecule has 3 N–H and O–H groups in total. The molecule has 2 aromatic carbocycles. The number of benzene rings is 2. The van der Waals surface area contributed by atoms with Crippen LogP contribution in [0.4, 0.5) is 0 Å². The molecule has 0 aliphatic carbocycles. The first-order chi connectivity index (χ1) is 13.3. The smallest absolute Gasteiger partial charge is 0.261 e. The molecule has 28 heavy (non-hydrogen) atoms. The molecule has 3 rings (SSSR count). The Balaban J connectivity index is 1.97. The molecule has 2 aromatic rings.